The van der Waals surface area contributed by atoms with Crippen LogP contribution in [0.1, 0.15) is 42.3 Å². The Morgan fingerprint density at radius 3 is 2.36 bits per heavy atom. The topological polar surface area (TPSA) is 54.3 Å². The summed E-state index contributed by atoms with van der Waals surface area (Å²) in [6, 6.07) is 32.8. The van der Waals surface area contributed by atoms with Gasteiger partial charge < -0.3 is 15.0 Å². The first-order valence-electron chi connectivity index (χ1n) is 12.2. The van der Waals surface area contributed by atoms with Gasteiger partial charge in [-0.2, -0.15) is 0 Å². The summed E-state index contributed by atoms with van der Waals surface area (Å²) in [5.41, 5.74) is 8.32. The fraction of sp³-hybridized carbons (Fsp3) is 0.156. The lowest BCUT2D eigenvalue weighted by molar-refractivity contribution is 0.0697. The average Bonchev–Trinajstić information content (AvgIpc) is 3.32. The quantitative estimate of drug-likeness (QED) is 0.263. The largest absolute Gasteiger partial charge is 0.478 e. The number of fused-ring (bicyclic) bond motifs is 1. The van der Waals surface area contributed by atoms with Crippen molar-refractivity contribution in [3.05, 3.63) is 120 Å². The molecule has 0 fully saturated rings. The molecule has 0 spiro atoms. The fourth-order valence-corrected chi connectivity index (χ4v) is 4.58. The van der Waals surface area contributed by atoms with Gasteiger partial charge in [0.1, 0.15) is 0 Å². The third-order valence-corrected chi connectivity index (χ3v) is 6.59. The Morgan fingerprint density at radius 1 is 0.861 bits per heavy atom. The van der Waals surface area contributed by atoms with Crippen LogP contribution in [0.4, 0.5) is 5.69 Å². The Labute approximate surface area is 211 Å². The number of anilines is 1. The van der Waals surface area contributed by atoms with E-state index in [0.29, 0.717) is 6.54 Å². The minimum atomic E-state index is -0.926. The molecular weight excluding hydrogens is 444 g/mol. The van der Waals surface area contributed by atoms with Crippen molar-refractivity contribution in [3.63, 3.8) is 0 Å². The van der Waals surface area contributed by atoms with Gasteiger partial charge in [0.25, 0.3) is 0 Å². The van der Waals surface area contributed by atoms with Crippen LogP contribution in [-0.4, -0.2) is 15.6 Å². The van der Waals surface area contributed by atoms with E-state index >= 15 is 0 Å². The van der Waals surface area contributed by atoms with Gasteiger partial charge >= 0.3 is 5.97 Å². The average molecular weight is 475 g/mol. The van der Waals surface area contributed by atoms with Gasteiger partial charge in [-0.1, -0.05) is 75.4 Å². The number of hydrogen-bond donors (Lipinski definition) is 2. The van der Waals surface area contributed by atoms with E-state index in [1.165, 1.54) is 22.1 Å². The summed E-state index contributed by atoms with van der Waals surface area (Å²) in [5.74, 6) is -0.926. The van der Waals surface area contributed by atoms with Gasteiger partial charge in [0.2, 0.25) is 0 Å². The number of carbonyl (C=O) groups is 1. The molecule has 0 aliphatic heterocycles. The second-order valence-corrected chi connectivity index (χ2v) is 10.2. The van der Waals surface area contributed by atoms with Gasteiger partial charge in [0.15, 0.2) is 0 Å². The first-order valence-corrected chi connectivity index (χ1v) is 12.2. The van der Waals surface area contributed by atoms with Crippen molar-refractivity contribution in [3.8, 4) is 16.8 Å². The second-order valence-electron chi connectivity index (χ2n) is 10.2. The number of nitrogens with one attached hydrogen (secondary N) is 1. The maximum absolute atomic E-state index is 11.2. The first kappa shape index (κ1) is 23.4. The SMILES string of the molecule is CC(C)(C)c1ccc(-c2cccc3c2ccn3-c2cccc(CNc3cccc(C(=O)O)c3)c2)cc1. The van der Waals surface area contributed by atoms with E-state index in [1.54, 1.807) is 18.2 Å². The monoisotopic (exact) mass is 474 g/mol. The van der Waals surface area contributed by atoms with Crippen molar-refractivity contribution in [1.29, 1.82) is 0 Å². The van der Waals surface area contributed by atoms with E-state index in [2.05, 4.69) is 110 Å². The zero-order chi connectivity index (χ0) is 25.3. The normalized spacial score (nSPS) is 11.5. The Hall–Kier alpha value is -4.31. The van der Waals surface area contributed by atoms with E-state index in [4.69, 9.17) is 0 Å². The molecule has 0 aliphatic rings. The lowest BCUT2D eigenvalue weighted by atomic mass is 9.86. The third kappa shape index (κ3) is 4.76. The molecule has 0 saturated heterocycles. The summed E-state index contributed by atoms with van der Waals surface area (Å²) < 4.78 is 2.22. The van der Waals surface area contributed by atoms with E-state index in [-0.39, 0.29) is 11.0 Å². The summed E-state index contributed by atoms with van der Waals surface area (Å²) in [5, 5.41) is 13.8. The Balaban J connectivity index is 1.42. The minimum Gasteiger partial charge on any atom is -0.478 e. The van der Waals surface area contributed by atoms with E-state index < -0.39 is 5.97 Å². The molecule has 1 aromatic heterocycles. The van der Waals surface area contributed by atoms with Crippen LogP contribution < -0.4 is 5.32 Å². The van der Waals surface area contributed by atoms with Crippen LogP contribution in [0.2, 0.25) is 0 Å². The van der Waals surface area contributed by atoms with Crippen molar-refractivity contribution in [2.45, 2.75) is 32.7 Å². The van der Waals surface area contributed by atoms with Crippen LogP contribution in [0.5, 0.6) is 0 Å². The molecule has 2 N–H and O–H groups in total. The zero-order valence-corrected chi connectivity index (χ0v) is 20.8. The van der Waals surface area contributed by atoms with Gasteiger partial charge in [0, 0.05) is 29.5 Å². The molecule has 36 heavy (non-hydrogen) atoms. The van der Waals surface area contributed by atoms with Crippen molar-refractivity contribution < 1.29 is 9.90 Å². The van der Waals surface area contributed by atoms with Crippen LogP contribution in [0.15, 0.2) is 103 Å². The maximum atomic E-state index is 11.2. The van der Waals surface area contributed by atoms with Gasteiger partial charge in [-0.25, -0.2) is 4.79 Å². The number of carboxylic acids is 1. The predicted octanol–water partition coefficient (Wildman–Crippen LogP) is 7.91. The number of aromatic carboxylic acids is 1. The van der Waals surface area contributed by atoms with E-state index in [0.717, 1.165) is 22.5 Å². The molecule has 180 valence electrons. The molecule has 0 aliphatic carbocycles. The van der Waals surface area contributed by atoms with Crippen molar-refractivity contribution >= 4 is 22.6 Å². The summed E-state index contributed by atoms with van der Waals surface area (Å²) in [6.07, 6.45) is 2.13. The highest BCUT2D eigenvalue weighted by atomic mass is 16.4. The van der Waals surface area contributed by atoms with Crippen LogP contribution >= 0.6 is 0 Å². The van der Waals surface area contributed by atoms with E-state index in [1.807, 2.05) is 6.07 Å². The highest BCUT2D eigenvalue weighted by molar-refractivity contribution is 5.96. The third-order valence-electron chi connectivity index (χ3n) is 6.59. The molecule has 4 heteroatoms. The molecule has 0 amide bonds. The Bertz CT molecular complexity index is 1540. The zero-order valence-electron chi connectivity index (χ0n) is 20.8. The standard InChI is InChI=1S/C32H30N2O2/c1-32(2,3)25-15-13-23(14-16-25)28-11-6-12-30-29(28)17-18-34(30)27-10-4-7-22(19-27)21-33-26-9-5-8-24(20-26)31(35)36/h4-20,33H,21H2,1-3H3,(H,35,36). The molecule has 0 atom stereocenters. The molecule has 0 radical (unpaired) electrons. The van der Waals surface area contributed by atoms with Crippen LogP contribution in [0.25, 0.3) is 27.7 Å². The van der Waals surface area contributed by atoms with Crippen molar-refractivity contribution in [1.82, 2.24) is 4.57 Å². The maximum Gasteiger partial charge on any atom is 0.335 e. The lowest BCUT2D eigenvalue weighted by Crippen LogP contribution is -2.10. The highest BCUT2D eigenvalue weighted by Crippen LogP contribution is 2.32. The summed E-state index contributed by atoms with van der Waals surface area (Å²) in [4.78, 5) is 11.2. The molecule has 0 saturated carbocycles. The molecular formula is C32H30N2O2. The number of hydrogen-bond acceptors (Lipinski definition) is 2. The molecule has 1 heterocycles. The van der Waals surface area contributed by atoms with E-state index in [9.17, 15) is 9.90 Å². The molecule has 4 aromatic carbocycles. The van der Waals surface area contributed by atoms with Crippen LogP contribution in [0.3, 0.4) is 0 Å². The molecule has 5 aromatic rings. The smallest absolute Gasteiger partial charge is 0.335 e. The summed E-state index contributed by atoms with van der Waals surface area (Å²) in [7, 11) is 0. The second kappa shape index (κ2) is 9.38. The summed E-state index contributed by atoms with van der Waals surface area (Å²) in [6.45, 7) is 7.31. The Morgan fingerprint density at radius 2 is 1.61 bits per heavy atom. The Kier molecular flexibility index (Phi) is 6.11. The molecule has 5 rings (SSSR count). The van der Waals surface area contributed by atoms with Crippen molar-refractivity contribution in [2.75, 3.05) is 5.32 Å². The number of nitrogens with zero attached hydrogens (tertiary/aromatic N) is 1. The first-order chi connectivity index (χ1) is 17.3. The molecule has 4 nitrogen and oxygen atoms in total. The van der Waals surface area contributed by atoms with Gasteiger partial charge in [-0.05, 0) is 70.1 Å². The van der Waals surface area contributed by atoms with Gasteiger partial charge in [-0.15, -0.1) is 0 Å². The summed E-state index contributed by atoms with van der Waals surface area (Å²) >= 11 is 0. The van der Waals surface area contributed by atoms with Gasteiger partial charge in [0.05, 0.1) is 11.1 Å². The fourth-order valence-electron chi connectivity index (χ4n) is 4.58. The minimum absolute atomic E-state index is 0.132. The number of carboxylic acid groups (broad SMARTS) is 1. The predicted molar refractivity (Wildman–Crippen MR) is 148 cm³/mol. The van der Waals surface area contributed by atoms with Crippen molar-refractivity contribution in [2.24, 2.45) is 0 Å². The number of aromatic nitrogens is 1. The van der Waals surface area contributed by atoms with Crippen LogP contribution in [0, 0.1) is 0 Å². The highest BCUT2D eigenvalue weighted by Gasteiger charge is 2.14. The molecule has 0 bridgehead atoms. The van der Waals surface area contributed by atoms with Gasteiger partial charge in [-0.3, -0.25) is 0 Å². The number of benzene rings is 4. The molecule has 0 unspecified atom stereocenters. The number of rotatable bonds is 6. The van der Waals surface area contributed by atoms with Crippen LogP contribution in [-0.2, 0) is 12.0 Å². The lowest BCUT2D eigenvalue weighted by Gasteiger charge is -2.19.